The molecule has 0 spiro atoms. The Hall–Kier alpha value is -3.34. The van der Waals surface area contributed by atoms with E-state index < -0.39 is 24.5 Å². The Morgan fingerprint density at radius 2 is 1.76 bits per heavy atom. The molecule has 2 rings (SSSR count). The van der Waals surface area contributed by atoms with E-state index in [4.69, 9.17) is 5.26 Å². The molecule has 5 nitrogen and oxygen atoms in total. The second-order valence-corrected chi connectivity index (χ2v) is 4.99. The molecule has 0 fully saturated rings. The molecule has 0 saturated carbocycles. The first-order valence-corrected chi connectivity index (χ1v) is 7.05. The van der Waals surface area contributed by atoms with Crippen molar-refractivity contribution in [3.8, 4) is 6.07 Å². The number of benzene rings is 2. The maximum absolute atomic E-state index is 12.2. The van der Waals surface area contributed by atoms with Crippen LogP contribution in [0.15, 0.2) is 48.5 Å². The normalized spacial score (nSPS) is 10.6. The Morgan fingerprint density at radius 1 is 1.04 bits per heavy atom. The number of halogens is 3. The van der Waals surface area contributed by atoms with E-state index in [-0.39, 0.29) is 22.4 Å². The molecule has 25 heavy (non-hydrogen) atoms. The highest BCUT2D eigenvalue weighted by molar-refractivity contribution is 6.09. The van der Waals surface area contributed by atoms with Crippen molar-refractivity contribution in [3.63, 3.8) is 0 Å². The van der Waals surface area contributed by atoms with E-state index in [1.54, 1.807) is 5.32 Å². The van der Waals surface area contributed by atoms with E-state index in [2.05, 4.69) is 5.32 Å². The van der Waals surface area contributed by atoms with Crippen molar-refractivity contribution < 1.29 is 22.8 Å². The third kappa shape index (κ3) is 5.07. The van der Waals surface area contributed by atoms with Gasteiger partial charge in [-0.25, -0.2) is 0 Å². The van der Waals surface area contributed by atoms with Gasteiger partial charge in [0.25, 0.3) is 11.8 Å². The van der Waals surface area contributed by atoms with Gasteiger partial charge in [-0.2, -0.15) is 18.4 Å². The smallest absolute Gasteiger partial charge is 0.343 e. The van der Waals surface area contributed by atoms with Crippen molar-refractivity contribution in [3.05, 3.63) is 65.2 Å². The van der Waals surface area contributed by atoms with E-state index in [1.165, 1.54) is 48.5 Å². The van der Waals surface area contributed by atoms with Gasteiger partial charge in [0.15, 0.2) is 0 Å². The number of rotatable bonds is 4. The molecule has 0 aliphatic rings. The summed E-state index contributed by atoms with van der Waals surface area (Å²) in [4.78, 5) is 24.2. The molecule has 2 aromatic carbocycles. The van der Waals surface area contributed by atoms with Crippen molar-refractivity contribution in [2.45, 2.75) is 6.18 Å². The number of nitriles is 1. The summed E-state index contributed by atoms with van der Waals surface area (Å²) in [6, 6.07) is 13.5. The number of alkyl halides is 3. The summed E-state index contributed by atoms with van der Waals surface area (Å²) in [5, 5.41) is 13.1. The third-order valence-electron chi connectivity index (χ3n) is 3.12. The van der Waals surface area contributed by atoms with Crippen LogP contribution in [0, 0.1) is 11.3 Å². The molecule has 128 valence electrons. The fraction of sp³-hybridized carbons (Fsp3) is 0.118. The lowest BCUT2D eigenvalue weighted by atomic mass is 10.1. The van der Waals surface area contributed by atoms with E-state index in [9.17, 15) is 22.8 Å². The number of carbonyl (C=O) groups excluding carboxylic acids is 2. The summed E-state index contributed by atoms with van der Waals surface area (Å²) in [6.07, 6.45) is -4.54. The van der Waals surface area contributed by atoms with Crippen LogP contribution in [-0.2, 0) is 0 Å². The Labute approximate surface area is 141 Å². The zero-order chi connectivity index (χ0) is 18.4. The van der Waals surface area contributed by atoms with Crippen LogP contribution in [-0.4, -0.2) is 24.5 Å². The van der Waals surface area contributed by atoms with Crippen LogP contribution in [0.3, 0.4) is 0 Å². The van der Waals surface area contributed by atoms with Crippen LogP contribution in [0.5, 0.6) is 0 Å². The van der Waals surface area contributed by atoms with Crippen LogP contribution in [0.25, 0.3) is 0 Å². The molecule has 0 unspecified atom stereocenters. The van der Waals surface area contributed by atoms with E-state index >= 15 is 0 Å². The molecule has 8 heteroatoms. The summed E-state index contributed by atoms with van der Waals surface area (Å²) >= 11 is 0. The molecule has 0 aliphatic carbocycles. The molecule has 0 atom stereocenters. The molecular formula is C17H12F3N3O2. The molecule has 2 amide bonds. The second kappa shape index (κ2) is 7.49. The average molecular weight is 347 g/mol. The maximum Gasteiger partial charge on any atom is 0.405 e. The number of hydrogen-bond acceptors (Lipinski definition) is 3. The Bertz CT molecular complexity index is 842. The highest BCUT2D eigenvalue weighted by atomic mass is 19.4. The molecule has 2 N–H and O–H groups in total. The standard InChI is InChI=1S/C17H12F3N3O2/c18-17(19,20)10-22-16(25)13-6-1-2-7-14(13)23-15(24)12-5-3-4-11(8-12)9-21/h1-8H,10H2,(H,22,25)(H,23,24). The minimum absolute atomic E-state index is 0.0644. The first-order valence-electron chi connectivity index (χ1n) is 7.05. The van der Waals surface area contributed by atoms with Crippen LogP contribution in [0.1, 0.15) is 26.3 Å². The molecule has 0 saturated heterocycles. The predicted molar refractivity (Wildman–Crippen MR) is 83.9 cm³/mol. The Balaban J connectivity index is 2.18. The number of anilines is 1. The minimum atomic E-state index is -4.54. The van der Waals surface area contributed by atoms with Gasteiger partial charge in [-0.1, -0.05) is 18.2 Å². The fourth-order valence-corrected chi connectivity index (χ4v) is 1.99. The van der Waals surface area contributed by atoms with Crippen molar-refractivity contribution >= 4 is 17.5 Å². The summed E-state index contributed by atoms with van der Waals surface area (Å²) < 4.78 is 36.7. The van der Waals surface area contributed by atoms with Crippen molar-refractivity contribution in [2.24, 2.45) is 0 Å². The lowest BCUT2D eigenvalue weighted by Crippen LogP contribution is -2.34. The Morgan fingerprint density at radius 3 is 2.44 bits per heavy atom. The van der Waals surface area contributed by atoms with Crippen molar-refractivity contribution in [1.29, 1.82) is 5.26 Å². The predicted octanol–water partition coefficient (Wildman–Crippen LogP) is 3.10. The first kappa shape index (κ1) is 18.0. The highest BCUT2D eigenvalue weighted by Crippen LogP contribution is 2.18. The minimum Gasteiger partial charge on any atom is -0.343 e. The SMILES string of the molecule is N#Cc1cccc(C(=O)Nc2ccccc2C(=O)NCC(F)(F)F)c1. The monoisotopic (exact) mass is 347 g/mol. The number of hydrogen-bond donors (Lipinski definition) is 2. The highest BCUT2D eigenvalue weighted by Gasteiger charge is 2.28. The molecule has 0 heterocycles. The van der Waals surface area contributed by atoms with Gasteiger partial charge in [-0.15, -0.1) is 0 Å². The largest absolute Gasteiger partial charge is 0.405 e. The van der Waals surface area contributed by atoms with Gasteiger partial charge in [-0.05, 0) is 30.3 Å². The topological polar surface area (TPSA) is 82.0 Å². The molecule has 0 aromatic heterocycles. The van der Waals surface area contributed by atoms with Gasteiger partial charge in [0.1, 0.15) is 6.54 Å². The average Bonchev–Trinajstić information content (AvgIpc) is 2.59. The van der Waals surface area contributed by atoms with Crippen LogP contribution < -0.4 is 10.6 Å². The van der Waals surface area contributed by atoms with E-state index in [0.29, 0.717) is 0 Å². The number of nitrogens with one attached hydrogen (secondary N) is 2. The fourth-order valence-electron chi connectivity index (χ4n) is 1.99. The Kier molecular flexibility index (Phi) is 5.39. The second-order valence-electron chi connectivity index (χ2n) is 4.99. The summed E-state index contributed by atoms with van der Waals surface area (Å²) in [5.41, 5.74) is 0.430. The molecule has 0 bridgehead atoms. The van der Waals surface area contributed by atoms with E-state index in [0.717, 1.165) is 0 Å². The van der Waals surface area contributed by atoms with Gasteiger partial charge in [0.05, 0.1) is 22.9 Å². The third-order valence-corrected chi connectivity index (χ3v) is 3.12. The number of para-hydroxylation sites is 1. The van der Waals surface area contributed by atoms with Gasteiger partial charge >= 0.3 is 6.18 Å². The summed E-state index contributed by atoms with van der Waals surface area (Å²) in [6.45, 7) is -1.47. The van der Waals surface area contributed by atoms with E-state index in [1.807, 2.05) is 6.07 Å². The number of amides is 2. The molecule has 2 aromatic rings. The molecule has 0 radical (unpaired) electrons. The quantitative estimate of drug-likeness (QED) is 0.892. The maximum atomic E-state index is 12.2. The van der Waals surface area contributed by atoms with Gasteiger partial charge < -0.3 is 10.6 Å². The lowest BCUT2D eigenvalue weighted by molar-refractivity contribution is -0.123. The van der Waals surface area contributed by atoms with Crippen LogP contribution in [0.4, 0.5) is 18.9 Å². The lowest BCUT2D eigenvalue weighted by Gasteiger charge is -2.12. The van der Waals surface area contributed by atoms with Crippen molar-refractivity contribution in [2.75, 3.05) is 11.9 Å². The molecular weight excluding hydrogens is 335 g/mol. The number of carbonyl (C=O) groups is 2. The summed E-state index contributed by atoms with van der Waals surface area (Å²) in [5.74, 6) is -1.55. The zero-order valence-corrected chi connectivity index (χ0v) is 12.7. The molecule has 0 aliphatic heterocycles. The van der Waals surface area contributed by atoms with Crippen LogP contribution in [0.2, 0.25) is 0 Å². The number of nitrogens with zero attached hydrogens (tertiary/aromatic N) is 1. The van der Waals surface area contributed by atoms with Crippen molar-refractivity contribution in [1.82, 2.24) is 5.32 Å². The zero-order valence-electron chi connectivity index (χ0n) is 12.7. The first-order chi connectivity index (χ1) is 11.8. The van der Waals surface area contributed by atoms with Gasteiger partial charge in [-0.3, -0.25) is 9.59 Å². The summed E-state index contributed by atoms with van der Waals surface area (Å²) in [7, 11) is 0. The van der Waals surface area contributed by atoms with Gasteiger partial charge in [0.2, 0.25) is 0 Å². The van der Waals surface area contributed by atoms with Crippen LogP contribution >= 0.6 is 0 Å². The van der Waals surface area contributed by atoms with Gasteiger partial charge in [0, 0.05) is 5.56 Å².